The van der Waals surface area contributed by atoms with Crippen LogP contribution < -0.4 is 0 Å². The number of carbonyl (C=O) groups is 1. The molecule has 0 unspecified atom stereocenters. The van der Waals surface area contributed by atoms with Gasteiger partial charge < -0.3 is 5.11 Å². The maximum atomic E-state index is 10.5. The lowest BCUT2D eigenvalue weighted by atomic mass is 10.1. The lowest BCUT2D eigenvalue weighted by molar-refractivity contribution is -0.136. The summed E-state index contributed by atoms with van der Waals surface area (Å²) in [7, 11) is 0. The second-order valence-electron chi connectivity index (χ2n) is 4.04. The zero-order valence-electron chi connectivity index (χ0n) is 9.63. The highest BCUT2D eigenvalue weighted by molar-refractivity contribution is 5.70. The summed E-state index contributed by atoms with van der Waals surface area (Å²) in [6, 6.07) is 9.53. The monoisotopic (exact) mass is 230 g/mol. The maximum Gasteiger partial charge on any atom is 0.307 e. The van der Waals surface area contributed by atoms with Crippen molar-refractivity contribution in [2.24, 2.45) is 0 Å². The molecule has 4 nitrogen and oxygen atoms in total. The number of nitrogens with zero attached hydrogens (tertiary/aromatic N) is 2. The van der Waals surface area contributed by atoms with Crippen LogP contribution in [0, 0.1) is 6.92 Å². The fraction of sp³-hybridized carbons (Fsp3) is 0.231. The van der Waals surface area contributed by atoms with E-state index in [1.807, 2.05) is 48.1 Å². The summed E-state index contributed by atoms with van der Waals surface area (Å²) in [5.41, 5.74) is 2.92. The van der Waals surface area contributed by atoms with Crippen molar-refractivity contribution in [3.05, 3.63) is 53.3 Å². The number of hydrogen-bond acceptors (Lipinski definition) is 2. The van der Waals surface area contributed by atoms with Crippen molar-refractivity contribution in [2.75, 3.05) is 0 Å². The van der Waals surface area contributed by atoms with E-state index < -0.39 is 5.97 Å². The van der Waals surface area contributed by atoms with Gasteiger partial charge in [0.1, 0.15) is 0 Å². The molecule has 1 N–H and O–H groups in total. The number of rotatable bonds is 4. The highest BCUT2D eigenvalue weighted by Gasteiger charge is 2.01. The third-order valence-electron chi connectivity index (χ3n) is 2.50. The van der Waals surface area contributed by atoms with Crippen LogP contribution in [0.25, 0.3) is 0 Å². The van der Waals surface area contributed by atoms with E-state index in [9.17, 15) is 4.79 Å². The predicted molar refractivity (Wildman–Crippen MR) is 63.8 cm³/mol. The van der Waals surface area contributed by atoms with Gasteiger partial charge in [-0.25, -0.2) is 0 Å². The zero-order chi connectivity index (χ0) is 12.3. The highest BCUT2D eigenvalue weighted by atomic mass is 16.4. The van der Waals surface area contributed by atoms with Gasteiger partial charge in [0, 0.05) is 6.20 Å². The van der Waals surface area contributed by atoms with Crippen LogP contribution in [-0.2, 0) is 17.8 Å². The van der Waals surface area contributed by atoms with Crippen molar-refractivity contribution in [3.8, 4) is 0 Å². The van der Waals surface area contributed by atoms with Gasteiger partial charge in [0.2, 0.25) is 0 Å². The number of aryl methyl sites for hydroxylation is 1. The van der Waals surface area contributed by atoms with Gasteiger partial charge in [-0.05, 0) is 24.1 Å². The molecule has 0 fully saturated rings. The standard InChI is InChI=1S/C13H14N2O2/c1-10-6-7-15(14-10)9-12-4-2-11(3-5-12)8-13(16)17/h2-7H,8-9H2,1H3,(H,16,17). The Balaban J connectivity index is 2.05. The Hall–Kier alpha value is -2.10. The Morgan fingerprint density at radius 1 is 1.24 bits per heavy atom. The number of aromatic nitrogens is 2. The Kier molecular flexibility index (Phi) is 3.23. The first-order valence-corrected chi connectivity index (χ1v) is 5.43. The molecule has 4 heteroatoms. The van der Waals surface area contributed by atoms with Gasteiger partial charge in [-0.3, -0.25) is 9.48 Å². The van der Waals surface area contributed by atoms with Crippen LogP contribution in [0.4, 0.5) is 0 Å². The average Bonchev–Trinajstić information content (AvgIpc) is 2.66. The van der Waals surface area contributed by atoms with Crippen molar-refractivity contribution in [3.63, 3.8) is 0 Å². The molecule has 0 amide bonds. The first-order chi connectivity index (χ1) is 8.13. The molecule has 2 aromatic rings. The molecular weight excluding hydrogens is 216 g/mol. The van der Waals surface area contributed by atoms with E-state index in [1.54, 1.807) is 0 Å². The topological polar surface area (TPSA) is 55.1 Å². The van der Waals surface area contributed by atoms with Crippen LogP contribution >= 0.6 is 0 Å². The largest absolute Gasteiger partial charge is 0.481 e. The van der Waals surface area contributed by atoms with Crippen LogP contribution in [0.1, 0.15) is 16.8 Å². The van der Waals surface area contributed by atoms with E-state index in [4.69, 9.17) is 5.11 Å². The van der Waals surface area contributed by atoms with Crippen molar-refractivity contribution < 1.29 is 9.90 Å². The molecule has 0 saturated carbocycles. The number of benzene rings is 1. The van der Waals surface area contributed by atoms with Crippen LogP contribution in [0.5, 0.6) is 0 Å². The molecule has 88 valence electrons. The minimum Gasteiger partial charge on any atom is -0.481 e. The smallest absolute Gasteiger partial charge is 0.307 e. The number of hydrogen-bond donors (Lipinski definition) is 1. The summed E-state index contributed by atoms with van der Waals surface area (Å²) >= 11 is 0. The van der Waals surface area contributed by atoms with Crippen molar-refractivity contribution in [1.82, 2.24) is 9.78 Å². The molecule has 0 aliphatic rings. The van der Waals surface area contributed by atoms with Gasteiger partial charge >= 0.3 is 5.97 Å². The minimum absolute atomic E-state index is 0.0706. The molecule has 0 radical (unpaired) electrons. The molecule has 0 aliphatic carbocycles. The lowest BCUT2D eigenvalue weighted by Gasteiger charge is -2.03. The first kappa shape index (κ1) is 11.4. The van der Waals surface area contributed by atoms with E-state index in [1.165, 1.54) is 0 Å². The molecule has 0 atom stereocenters. The molecule has 1 aromatic heterocycles. The Morgan fingerprint density at radius 3 is 2.41 bits per heavy atom. The summed E-state index contributed by atoms with van der Waals surface area (Å²) in [6.45, 7) is 2.66. The van der Waals surface area contributed by atoms with Crippen LogP contribution in [-0.4, -0.2) is 20.9 Å². The quantitative estimate of drug-likeness (QED) is 0.872. The van der Waals surface area contributed by atoms with Crippen LogP contribution in [0.3, 0.4) is 0 Å². The van der Waals surface area contributed by atoms with Crippen molar-refractivity contribution in [1.29, 1.82) is 0 Å². The summed E-state index contributed by atoms with van der Waals surface area (Å²) in [5.74, 6) is -0.805. The SMILES string of the molecule is Cc1ccn(Cc2ccc(CC(=O)O)cc2)n1. The predicted octanol–water partition coefficient (Wildman–Crippen LogP) is 1.87. The van der Waals surface area contributed by atoms with Gasteiger partial charge in [-0.2, -0.15) is 5.10 Å². The van der Waals surface area contributed by atoms with E-state index in [-0.39, 0.29) is 6.42 Å². The number of carboxylic acid groups (broad SMARTS) is 1. The normalized spacial score (nSPS) is 10.4. The van der Waals surface area contributed by atoms with Gasteiger partial charge in [0.05, 0.1) is 18.7 Å². The van der Waals surface area contributed by atoms with E-state index in [2.05, 4.69) is 5.10 Å². The number of aliphatic carboxylic acids is 1. The Labute approximate surface area is 99.5 Å². The summed E-state index contributed by atoms with van der Waals surface area (Å²) in [5, 5.41) is 13.0. The molecule has 0 spiro atoms. The van der Waals surface area contributed by atoms with Gasteiger partial charge in [0.25, 0.3) is 0 Å². The van der Waals surface area contributed by atoms with E-state index in [0.29, 0.717) is 6.54 Å². The van der Waals surface area contributed by atoms with Gasteiger partial charge in [-0.1, -0.05) is 24.3 Å². The summed E-state index contributed by atoms with van der Waals surface area (Å²) < 4.78 is 1.86. The summed E-state index contributed by atoms with van der Waals surface area (Å²) in [4.78, 5) is 10.5. The molecule has 17 heavy (non-hydrogen) atoms. The third-order valence-corrected chi connectivity index (χ3v) is 2.50. The molecule has 0 saturated heterocycles. The summed E-state index contributed by atoms with van der Waals surface area (Å²) in [6.07, 6.45) is 2.00. The second-order valence-corrected chi connectivity index (χ2v) is 4.04. The molecule has 0 bridgehead atoms. The third kappa shape index (κ3) is 3.17. The van der Waals surface area contributed by atoms with E-state index in [0.717, 1.165) is 16.8 Å². The van der Waals surface area contributed by atoms with Crippen molar-refractivity contribution >= 4 is 5.97 Å². The van der Waals surface area contributed by atoms with E-state index >= 15 is 0 Å². The molecular formula is C13H14N2O2. The molecule has 1 aromatic carbocycles. The van der Waals surface area contributed by atoms with Crippen LogP contribution in [0.2, 0.25) is 0 Å². The Bertz CT molecular complexity index is 514. The first-order valence-electron chi connectivity index (χ1n) is 5.43. The second kappa shape index (κ2) is 4.82. The van der Waals surface area contributed by atoms with Crippen molar-refractivity contribution in [2.45, 2.75) is 19.9 Å². The lowest BCUT2D eigenvalue weighted by Crippen LogP contribution is -2.02. The average molecular weight is 230 g/mol. The highest BCUT2D eigenvalue weighted by Crippen LogP contribution is 2.07. The minimum atomic E-state index is -0.805. The fourth-order valence-electron chi connectivity index (χ4n) is 1.68. The Morgan fingerprint density at radius 2 is 1.88 bits per heavy atom. The molecule has 0 aliphatic heterocycles. The van der Waals surface area contributed by atoms with Gasteiger partial charge in [-0.15, -0.1) is 0 Å². The number of carboxylic acids is 1. The molecule has 1 heterocycles. The fourth-order valence-corrected chi connectivity index (χ4v) is 1.68. The molecule has 2 rings (SSSR count). The zero-order valence-corrected chi connectivity index (χ0v) is 9.63. The van der Waals surface area contributed by atoms with Crippen LogP contribution in [0.15, 0.2) is 36.5 Å². The maximum absolute atomic E-state index is 10.5. The van der Waals surface area contributed by atoms with Gasteiger partial charge in [0.15, 0.2) is 0 Å².